The molecule has 7 heteroatoms. The second-order valence-corrected chi connectivity index (χ2v) is 8.34. The number of halogens is 1. The van der Waals surface area contributed by atoms with Gasteiger partial charge in [-0.05, 0) is 44.6 Å². The number of fused-ring (bicyclic) bond motifs is 1. The summed E-state index contributed by atoms with van der Waals surface area (Å²) in [6.07, 6.45) is 6.47. The van der Waals surface area contributed by atoms with E-state index in [0.29, 0.717) is 24.2 Å². The van der Waals surface area contributed by atoms with Crippen LogP contribution in [0.4, 0.5) is 4.39 Å². The predicted molar refractivity (Wildman–Crippen MR) is 108 cm³/mol. The fourth-order valence-electron chi connectivity index (χ4n) is 4.17. The van der Waals surface area contributed by atoms with Crippen LogP contribution in [0.3, 0.4) is 0 Å². The number of hydrogen-bond donors (Lipinski definition) is 1. The smallest absolute Gasteiger partial charge is 0.263 e. The average Bonchev–Trinajstić information content (AvgIpc) is 3.51. The zero-order valence-electron chi connectivity index (χ0n) is 16.8. The fraction of sp³-hybridized carbons (Fsp3) is 0.667. The van der Waals surface area contributed by atoms with Crippen LogP contribution in [0.5, 0.6) is 0 Å². The predicted octanol–water partition coefficient (Wildman–Crippen LogP) is 2.87. The Kier molecular flexibility index (Phi) is 5.73. The van der Waals surface area contributed by atoms with E-state index >= 15 is 0 Å². The molecule has 28 heavy (non-hydrogen) atoms. The first-order chi connectivity index (χ1) is 13.6. The van der Waals surface area contributed by atoms with Gasteiger partial charge in [0.05, 0.1) is 17.6 Å². The minimum absolute atomic E-state index is 0.0832. The summed E-state index contributed by atoms with van der Waals surface area (Å²) in [6, 6.07) is 1.85. The molecule has 2 atom stereocenters. The molecule has 0 amide bonds. The summed E-state index contributed by atoms with van der Waals surface area (Å²) < 4.78 is 15.5. The maximum absolute atomic E-state index is 13.7. The van der Waals surface area contributed by atoms with Gasteiger partial charge < -0.3 is 5.32 Å². The van der Waals surface area contributed by atoms with Crippen LogP contribution >= 0.6 is 0 Å². The molecule has 0 aromatic carbocycles. The summed E-state index contributed by atoms with van der Waals surface area (Å²) in [5, 5.41) is 3.83. The Morgan fingerprint density at radius 2 is 2.14 bits per heavy atom. The molecule has 4 rings (SSSR count). The molecule has 1 saturated carbocycles. The third kappa shape index (κ3) is 4.10. The molecule has 2 fully saturated rings. The van der Waals surface area contributed by atoms with Crippen LogP contribution in [0.1, 0.15) is 57.8 Å². The number of nitrogens with one attached hydrogen (secondary N) is 1. The van der Waals surface area contributed by atoms with Gasteiger partial charge in [-0.3, -0.25) is 14.3 Å². The highest BCUT2D eigenvalue weighted by Crippen LogP contribution is 2.32. The van der Waals surface area contributed by atoms with Crippen molar-refractivity contribution < 1.29 is 4.39 Å². The van der Waals surface area contributed by atoms with Crippen molar-refractivity contribution in [2.75, 3.05) is 19.6 Å². The highest BCUT2D eigenvalue weighted by Gasteiger charge is 2.30. The van der Waals surface area contributed by atoms with E-state index < -0.39 is 5.82 Å². The Morgan fingerprint density at radius 3 is 2.89 bits per heavy atom. The second-order valence-electron chi connectivity index (χ2n) is 8.34. The topological polar surface area (TPSA) is 63.1 Å². The molecule has 1 aliphatic carbocycles. The molecule has 2 aromatic heterocycles. The van der Waals surface area contributed by atoms with Crippen LogP contribution in [0.2, 0.25) is 0 Å². The molecule has 2 aliphatic rings. The van der Waals surface area contributed by atoms with Crippen molar-refractivity contribution in [1.29, 1.82) is 0 Å². The molecule has 0 bridgehead atoms. The van der Waals surface area contributed by atoms with Gasteiger partial charge in [-0.25, -0.2) is 14.4 Å². The Morgan fingerprint density at radius 1 is 1.32 bits per heavy atom. The molecule has 0 radical (unpaired) electrons. The third-order valence-corrected chi connectivity index (χ3v) is 5.99. The zero-order chi connectivity index (χ0) is 19.7. The first-order valence-electron chi connectivity index (χ1n) is 10.6. The Hall–Kier alpha value is -1.86. The maximum atomic E-state index is 13.7. The molecule has 2 aromatic rings. The molecule has 1 aliphatic heterocycles. The van der Waals surface area contributed by atoms with Gasteiger partial charge in [0, 0.05) is 32.2 Å². The molecular weight excluding hydrogens is 357 g/mol. The minimum atomic E-state index is -0.491. The molecule has 152 valence electrons. The van der Waals surface area contributed by atoms with Crippen molar-refractivity contribution in [1.82, 2.24) is 24.8 Å². The van der Waals surface area contributed by atoms with Crippen LogP contribution in [0.25, 0.3) is 11.0 Å². The Bertz CT molecular complexity index is 894. The van der Waals surface area contributed by atoms with Crippen LogP contribution in [-0.2, 0) is 6.54 Å². The van der Waals surface area contributed by atoms with E-state index in [2.05, 4.69) is 29.0 Å². The highest BCUT2D eigenvalue weighted by atomic mass is 19.1. The van der Waals surface area contributed by atoms with E-state index in [0.717, 1.165) is 63.8 Å². The summed E-state index contributed by atoms with van der Waals surface area (Å²) in [4.78, 5) is 24.7. The number of rotatable bonds is 6. The van der Waals surface area contributed by atoms with E-state index in [4.69, 9.17) is 4.98 Å². The largest absolute Gasteiger partial charge is 0.313 e. The summed E-state index contributed by atoms with van der Waals surface area (Å²) in [6.45, 7) is 7.91. The molecule has 3 heterocycles. The van der Waals surface area contributed by atoms with Gasteiger partial charge in [-0.2, -0.15) is 0 Å². The lowest BCUT2D eigenvalue weighted by atomic mass is 10.1. The molecular formula is C21H30FN5O. The molecule has 0 unspecified atom stereocenters. The van der Waals surface area contributed by atoms with Gasteiger partial charge in [-0.1, -0.05) is 13.3 Å². The van der Waals surface area contributed by atoms with Crippen LogP contribution in [-0.4, -0.2) is 45.1 Å². The lowest BCUT2D eigenvalue weighted by molar-refractivity contribution is 0.183. The van der Waals surface area contributed by atoms with E-state index in [1.807, 2.05) is 4.57 Å². The van der Waals surface area contributed by atoms with Gasteiger partial charge in [0.1, 0.15) is 11.6 Å². The van der Waals surface area contributed by atoms with Crippen molar-refractivity contribution in [3.8, 4) is 0 Å². The molecule has 0 spiro atoms. The Labute approximate surface area is 165 Å². The van der Waals surface area contributed by atoms with E-state index in [1.165, 1.54) is 6.07 Å². The summed E-state index contributed by atoms with van der Waals surface area (Å²) in [5.41, 5.74) is 0.206. The van der Waals surface area contributed by atoms with Gasteiger partial charge >= 0.3 is 0 Å². The molecule has 1 N–H and O–H groups in total. The Balaban J connectivity index is 1.80. The van der Waals surface area contributed by atoms with Gasteiger partial charge in [0.25, 0.3) is 5.56 Å². The maximum Gasteiger partial charge on any atom is 0.263 e. The van der Waals surface area contributed by atoms with Crippen molar-refractivity contribution in [3.63, 3.8) is 0 Å². The SMILES string of the molecule is CCC[C@H](c1nc2ncc(F)cc2c(=O)n1CC1CC1)N1CCN[C@@H](C)CC1. The second kappa shape index (κ2) is 8.25. The molecule has 6 nitrogen and oxygen atoms in total. The van der Waals surface area contributed by atoms with Crippen LogP contribution < -0.4 is 10.9 Å². The van der Waals surface area contributed by atoms with E-state index in [1.54, 1.807) is 0 Å². The zero-order valence-corrected chi connectivity index (χ0v) is 16.8. The number of aromatic nitrogens is 3. The number of hydrogen-bond acceptors (Lipinski definition) is 5. The lowest BCUT2D eigenvalue weighted by Gasteiger charge is -2.31. The van der Waals surface area contributed by atoms with Crippen molar-refractivity contribution in [3.05, 3.63) is 34.3 Å². The standard InChI is InChI=1S/C21H30FN5O/c1-3-4-18(26-9-7-14(2)23-8-10-26)20-25-19-17(11-16(22)12-24-19)21(28)27(20)13-15-5-6-15/h11-12,14-15,18,23H,3-10,13H2,1-2H3/t14-,18+/m0/s1. The first-order valence-corrected chi connectivity index (χ1v) is 10.6. The quantitative estimate of drug-likeness (QED) is 0.826. The summed E-state index contributed by atoms with van der Waals surface area (Å²) in [7, 11) is 0. The van der Waals surface area contributed by atoms with Crippen molar-refractivity contribution >= 4 is 11.0 Å². The number of nitrogens with zero attached hydrogens (tertiary/aromatic N) is 4. The normalized spacial score (nSPS) is 22.3. The minimum Gasteiger partial charge on any atom is -0.313 e. The van der Waals surface area contributed by atoms with Gasteiger partial charge in [-0.15, -0.1) is 0 Å². The lowest BCUT2D eigenvalue weighted by Crippen LogP contribution is -2.37. The first kappa shape index (κ1) is 19.5. The average molecular weight is 388 g/mol. The summed E-state index contributed by atoms with van der Waals surface area (Å²) >= 11 is 0. The highest BCUT2D eigenvalue weighted by molar-refractivity contribution is 5.73. The number of pyridine rings is 1. The third-order valence-electron chi connectivity index (χ3n) is 5.99. The van der Waals surface area contributed by atoms with Gasteiger partial charge in [0.15, 0.2) is 5.65 Å². The van der Waals surface area contributed by atoms with Gasteiger partial charge in [0.2, 0.25) is 0 Å². The van der Waals surface area contributed by atoms with Crippen molar-refractivity contribution in [2.24, 2.45) is 5.92 Å². The summed E-state index contributed by atoms with van der Waals surface area (Å²) in [5.74, 6) is 0.847. The monoisotopic (exact) mass is 387 g/mol. The van der Waals surface area contributed by atoms with Crippen LogP contribution in [0, 0.1) is 11.7 Å². The molecule has 1 saturated heterocycles. The van der Waals surface area contributed by atoms with E-state index in [-0.39, 0.29) is 17.0 Å². The fourth-order valence-corrected chi connectivity index (χ4v) is 4.17. The van der Waals surface area contributed by atoms with Crippen LogP contribution in [0.15, 0.2) is 17.1 Å². The van der Waals surface area contributed by atoms with Crippen molar-refractivity contribution in [2.45, 2.75) is 64.6 Å². The van der Waals surface area contributed by atoms with E-state index in [9.17, 15) is 9.18 Å².